The number of nitrogens with zero attached hydrogens (tertiary/aromatic N) is 1. The second-order valence-electron chi connectivity index (χ2n) is 4.73. The number of benzene rings is 2. The summed E-state index contributed by atoms with van der Waals surface area (Å²) in [5, 5.41) is 0.290. The highest BCUT2D eigenvalue weighted by atomic mass is 32.2. The molecule has 0 saturated heterocycles. The molecule has 19 heavy (non-hydrogen) atoms. The van der Waals surface area contributed by atoms with Crippen LogP contribution < -0.4 is 4.90 Å². The zero-order valence-corrected chi connectivity index (χ0v) is 11.8. The summed E-state index contributed by atoms with van der Waals surface area (Å²) in [7, 11) is 2.11. The van der Waals surface area contributed by atoms with E-state index in [9.17, 15) is 4.79 Å². The number of para-hydroxylation sites is 1. The number of hydrogen-bond donors (Lipinski definition) is 0. The molecule has 1 aliphatic rings. The first-order chi connectivity index (χ1) is 9.16. The van der Waals surface area contributed by atoms with Gasteiger partial charge in [0.25, 0.3) is 0 Å². The lowest BCUT2D eigenvalue weighted by atomic mass is 10.1. The molecule has 2 aromatic carbocycles. The highest BCUT2D eigenvalue weighted by Gasteiger charge is 2.27. The quantitative estimate of drug-likeness (QED) is 0.765. The zero-order valence-electron chi connectivity index (χ0n) is 11.0. The minimum absolute atomic E-state index is 0.113. The minimum atomic E-state index is 0.113. The number of hydrogen-bond acceptors (Lipinski definition) is 3. The Balaban J connectivity index is 1.91. The summed E-state index contributed by atoms with van der Waals surface area (Å²) in [6, 6.07) is 16.4. The predicted octanol–water partition coefficient (Wildman–Crippen LogP) is 4.13. The van der Waals surface area contributed by atoms with Crippen molar-refractivity contribution >= 4 is 23.2 Å². The van der Waals surface area contributed by atoms with Crippen molar-refractivity contribution < 1.29 is 4.79 Å². The van der Waals surface area contributed by atoms with Gasteiger partial charge in [0, 0.05) is 17.5 Å². The van der Waals surface area contributed by atoms with Crippen molar-refractivity contribution in [1.82, 2.24) is 0 Å². The number of thioether (sulfide) groups is 1. The van der Waals surface area contributed by atoms with Gasteiger partial charge in [-0.15, -0.1) is 0 Å². The summed E-state index contributed by atoms with van der Waals surface area (Å²) in [5.41, 5.74) is 3.27. The molecule has 0 radical (unpaired) electrons. The fourth-order valence-corrected chi connectivity index (χ4v) is 3.64. The van der Waals surface area contributed by atoms with E-state index in [1.165, 1.54) is 16.1 Å². The molecule has 0 fully saturated rings. The van der Waals surface area contributed by atoms with Crippen molar-refractivity contribution in [2.45, 2.75) is 17.2 Å². The number of Topliss-reactive ketones (excluding diaryl/α,β-unsaturated/α-hetero) is 1. The minimum Gasteiger partial charge on any atom is -0.357 e. The third-order valence-corrected chi connectivity index (χ3v) is 4.85. The highest BCUT2D eigenvalue weighted by Crippen LogP contribution is 2.50. The van der Waals surface area contributed by atoms with Gasteiger partial charge in [-0.25, -0.2) is 0 Å². The Labute approximate surface area is 117 Å². The van der Waals surface area contributed by atoms with E-state index in [1.54, 1.807) is 6.92 Å². The topological polar surface area (TPSA) is 20.3 Å². The Bertz CT molecular complexity index is 621. The Morgan fingerprint density at radius 3 is 2.42 bits per heavy atom. The van der Waals surface area contributed by atoms with E-state index in [1.807, 2.05) is 23.9 Å². The van der Waals surface area contributed by atoms with Crippen LogP contribution >= 0.6 is 11.8 Å². The SMILES string of the molecule is CC(=O)c1ccc(C2Sc3ccccc3N2C)cc1. The maximum absolute atomic E-state index is 11.3. The van der Waals surface area contributed by atoms with Crippen molar-refractivity contribution in [3.05, 3.63) is 59.7 Å². The molecule has 1 unspecified atom stereocenters. The van der Waals surface area contributed by atoms with Crippen LogP contribution in [0.15, 0.2) is 53.4 Å². The third-order valence-electron chi connectivity index (χ3n) is 3.44. The fourth-order valence-electron chi connectivity index (χ4n) is 2.35. The average Bonchev–Trinajstić information content (AvgIpc) is 2.77. The molecule has 0 spiro atoms. The lowest BCUT2D eigenvalue weighted by Crippen LogP contribution is -2.17. The number of fused-ring (bicyclic) bond motifs is 1. The Kier molecular flexibility index (Phi) is 3.07. The molecule has 2 aromatic rings. The van der Waals surface area contributed by atoms with Crippen LogP contribution in [0.1, 0.15) is 28.2 Å². The van der Waals surface area contributed by atoms with Gasteiger partial charge in [-0.3, -0.25) is 4.79 Å². The van der Waals surface area contributed by atoms with Gasteiger partial charge in [-0.05, 0) is 24.6 Å². The molecule has 0 aromatic heterocycles. The Hall–Kier alpha value is -1.74. The maximum atomic E-state index is 11.3. The van der Waals surface area contributed by atoms with E-state index in [0.29, 0.717) is 5.37 Å². The van der Waals surface area contributed by atoms with Gasteiger partial charge in [0.1, 0.15) is 5.37 Å². The van der Waals surface area contributed by atoms with Gasteiger partial charge in [-0.2, -0.15) is 0 Å². The molecule has 1 heterocycles. The van der Waals surface area contributed by atoms with Crippen LogP contribution in [0.2, 0.25) is 0 Å². The average molecular weight is 269 g/mol. The third kappa shape index (κ3) is 2.15. The molecule has 1 aliphatic heterocycles. The fraction of sp³-hybridized carbons (Fsp3) is 0.188. The highest BCUT2D eigenvalue weighted by molar-refractivity contribution is 8.00. The van der Waals surface area contributed by atoms with Gasteiger partial charge in [0.2, 0.25) is 0 Å². The molecular formula is C16H15NOS. The molecule has 2 nitrogen and oxygen atoms in total. The normalized spacial score (nSPS) is 17.4. The Morgan fingerprint density at radius 2 is 1.79 bits per heavy atom. The van der Waals surface area contributed by atoms with Crippen LogP contribution in [-0.4, -0.2) is 12.8 Å². The van der Waals surface area contributed by atoms with E-state index in [4.69, 9.17) is 0 Å². The maximum Gasteiger partial charge on any atom is 0.159 e. The summed E-state index contributed by atoms with van der Waals surface area (Å²) in [5.74, 6) is 0.113. The summed E-state index contributed by atoms with van der Waals surface area (Å²) in [6.45, 7) is 1.60. The molecular weight excluding hydrogens is 254 g/mol. The van der Waals surface area contributed by atoms with Crippen LogP contribution in [0, 0.1) is 0 Å². The first-order valence-corrected chi connectivity index (χ1v) is 7.14. The standard InChI is InChI=1S/C16H15NOS/c1-11(18)12-7-9-13(10-8-12)16-17(2)14-5-3-4-6-15(14)19-16/h3-10,16H,1-2H3. The lowest BCUT2D eigenvalue weighted by molar-refractivity contribution is 0.101. The lowest BCUT2D eigenvalue weighted by Gasteiger charge is -2.21. The van der Waals surface area contributed by atoms with Gasteiger partial charge in [0.05, 0.1) is 5.69 Å². The van der Waals surface area contributed by atoms with Gasteiger partial charge in [0.15, 0.2) is 5.78 Å². The molecule has 0 amide bonds. The van der Waals surface area contributed by atoms with E-state index < -0.39 is 0 Å². The van der Waals surface area contributed by atoms with Crippen molar-refractivity contribution in [1.29, 1.82) is 0 Å². The second kappa shape index (κ2) is 4.74. The predicted molar refractivity (Wildman–Crippen MR) is 79.9 cm³/mol. The molecule has 3 rings (SSSR count). The molecule has 0 saturated carbocycles. The van der Waals surface area contributed by atoms with Crippen LogP contribution in [0.3, 0.4) is 0 Å². The number of ketones is 1. The van der Waals surface area contributed by atoms with Crippen molar-refractivity contribution in [3.8, 4) is 0 Å². The molecule has 0 bridgehead atoms. The van der Waals surface area contributed by atoms with Gasteiger partial charge >= 0.3 is 0 Å². The number of anilines is 1. The Morgan fingerprint density at radius 1 is 1.11 bits per heavy atom. The van der Waals surface area contributed by atoms with E-state index in [0.717, 1.165) is 5.56 Å². The number of rotatable bonds is 2. The molecule has 0 N–H and O–H groups in total. The monoisotopic (exact) mass is 269 g/mol. The van der Waals surface area contributed by atoms with Crippen LogP contribution in [0.5, 0.6) is 0 Å². The van der Waals surface area contributed by atoms with Crippen LogP contribution in [-0.2, 0) is 0 Å². The largest absolute Gasteiger partial charge is 0.357 e. The van der Waals surface area contributed by atoms with Crippen molar-refractivity contribution in [2.75, 3.05) is 11.9 Å². The first kappa shape index (κ1) is 12.3. The van der Waals surface area contributed by atoms with Gasteiger partial charge < -0.3 is 4.90 Å². The first-order valence-electron chi connectivity index (χ1n) is 6.26. The molecule has 96 valence electrons. The molecule has 3 heteroatoms. The van der Waals surface area contributed by atoms with Crippen LogP contribution in [0.25, 0.3) is 0 Å². The van der Waals surface area contributed by atoms with E-state index in [-0.39, 0.29) is 5.78 Å². The summed E-state index contributed by atoms with van der Waals surface area (Å²) >= 11 is 1.85. The number of carbonyl (C=O) groups excluding carboxylic acids is 1. The molecule has 1 atom stereocenters. The van der Waals surface area contributed by atoms with Crippen LogP contribution in [0.4, 0.5) is 5.69 Å². The summed E-state index contributed by atoms with van der Waals surface area (Å²) < 4.78 is 0. The van der Waals surface area contributed by atoms with Gasteiger partial charge in [-0.1, -0.05) is 48.2 Å². The summed E-state index contributed by atoms with van der Waals surface area (Å²) in [6.07, 6.45) is 0. The smallest absolute Gasteiger partial charge is 0.159 e. The van der Waals surface area contributed by atoms with E-state index >= 15 is 0 Å². The second-order valence-corrected chi connectivity index (χ2v) is 5.85. The van der Waals surface area contributed by atoms with Crippen molar-refractivity contribution in [3.63, 3.8) is 0 Å². The van der Waals surface area contributed by atoms with E-state index in [2.05, 4.69) is 48.3 Å². The zero-order chi connectivity index (χ0) is 13.4. The summed E-state index contributed by atoms with van der Waals surface area (Å²) in [4.78, 5) is 14.9. The number of carbonyl (C=O) groups is 1. The van der Waals surface area contributed by atoms with Crippen molar-refractivity contribution in [2.24, 2.45) is 0 Å². The molecule has 0 aliphatic carbocycles.